The largest absolute Gasteiger partial charge is 0.330 e. The van der Waals surface area contributed by atoms with Gasteiger partial charge in [0.25, 0.3) is 11.8 Å². The first-order chi connectivity index (χ1) is 11.0. The Labute approximate surface area is 148 Å². The molecule has 0 spiro atoms. The smallest absolute Gasteiger partial charge is 0.261 e. The van der Waals surface area contributed by atoms with E-state index in [9.17, 15) is 18.0 Å². The molecule has 7 nitrogen and oxygen atoms in total. The van der Waals surface area contributed by atoms with Crippen LogP contribution in [0.2, 0.25) is 0 Å². The van der Waals surface area contributed by atoms with Crippen molar-refractivity contribution >= 4 is 34.2 Å². The molecule has 0 aromatic heterocycles. The molecule has 2 rings (SSSR count). The molecular formula is C15H22ClN3O4S. The van der Waals surface area contributed by atoms with Crippen LogP contribution < -0.4 is 10.5 Å². The minimum Gasteiger partial charge on any atom is -0.330 e. The quantitative estimate of drug-likeness (QED) is 0.489. The third kappa shape index (κ3) is 5.01. The van der Waals surface area contributed by atoms with Gasteiger partial charge in [-0.1, -0.05) is 12.1 Å². The Morgan fingerprint density at radius 2 is 1.58 bits per heavy atom. The maximum absolute atomic E-state index is 12.1. The SMILES string of the molecule is Cl.NCCCCNS(=O)(=O)CCCN1C(=O)c2ccccc2C1=O. The molecule has 0 fully saturated rings. The summed E-state index contributed by atoms with van der Waals surface area (Å²) in [7, 11) is -3.40. The standard InChI is InChI=1S/C15H21N3O4S.ClH/c16-8-3-4-9-17-23(21,22)11-5-10-18-14(19)12-6-1-2-7-13(12)15(18)20;/h1-2,6-7,17H,3-5,8-11,16H2;1H. The molecule has 1 aliphatic rings. The average molecular weight is 376 g/mol. The number of hydrogen-bond donors (Lipinski definition) is 2. The lowest BCUT2D eigenvalue weighted by Crippen LogP contribution is -2.33. The van der Waals surface area contributed by atoms with Crippen LogP contribution in [0.5, 0.6) is 0 Å². The second kappa shape index (κ2) is 9.12. The van der Waals surface area contributed by atoms with E-state index in [-0.39, 0.29) is 42.9 Å². The van der Waals surface area contributed by atoms with E-state index in [0.29, 0.717) is 30.6 Å². The van der Waals surface area contributed by atoms with Crippen LogP contribution in [-0.2, 0) is 10.0 Å². The van der Waals surface area contributed by atoms with Crippen molar-refractivity contribution in [2.24, 2.45) is 5.73 Å². The zero-order valence-electron chi connectivity index (χ0n) is 13.2. The Bertz CT molecular complexity index is 659. The molecule has 1 aliphatic heterocycles. The topological polar surface area (TPSA) is 110 Å². The third-order valence-corrected chi connectivity index (χ3v) is 5.10. The van der Waals surface area contributed by atoms with Crippen molar-refractivity contribution in [3.8, 4) is 0 Å². The normalized spacial score (nSPS) is 13.8. The van der Waals surface area contributed by atoms with Crippen LogP contribution in [0.1, 0.15) is 40.0 Å². The van der Waals surface area contributed by atoms with E-state index in [2.05, 4.69) is 4.72 Å². The number of fused-ring (bicyclic) bond motifs is 1. The maximum atomic E-state index is 12.1. The van der Waals surface area contributed by atoms with Crippen LogP contribution in [0.3, 0.4) is 0 Å². The number of carbonyl (C=O) groups excluding carboxylic acids is 2. The molecule has 1 heterocycles. The molecule has 1 aromatic rings. The van der Waals surface area contributed by atoms with Crippen LogP contribution in [0.4, 0.5) is 0 Å². The number of hydrogen-bond acceptors (Lipinski definition) is 5. The summed E-state index contributed by atoms with van der Waals surface area (Å²) in [6.07, 6.45) is 1.66. The highest BCUT2D eigenvalue weighted by molar-refractivity contribution is 7.89. The zero-order chi connectivity index (χ0) is 16.9. The maximum Gasteiger partial charge on any atom is 0.261 e. The van der Waals surface area contributed by atoms with Gasteiger partial charge in [0.05, 0.1) is 16.9 Å². The molecule has 0 saturated heterocycles. The predicted octanol–water partition coefficient (Wildman–Crippen LogP) is 0.753. The lowest BCUT2D eigenvalue weighted by Gasteiger charge is -2.13. The number of sulfonamides is 1. The Hall–Kier alpha value is -1.48. The number of carbonyl (C=O) groups is 2. The predicted molar refractivity (Wildman–Crippen MR) is 93.8 cm³/mol. The van der Waals surface area contributed by atoms with Gasteiger partial charge in [0.15, 0.2) is 0 Å². The van der Waals surface area contributed by atoms with Crippen LogP contribution in [0.15, 0.2) is 24.3 Å². The van der Waals surface area contributed by atoms with E-state index in [1.165, 1.54) is 0 Å². The van der Waals surface area contributed by atoms with Crippen LogP contribution in [-0.4, -0.2) is 50.5 Å². The van der Waals surface area contributed by atoms with Gasteiger partial charge in [0.2, 0.25) is 10.0 Å². The molecule has 0 saturated carbocycles. The van der Waals surface area contributed by atoms with Crippen LogP contribution in [0, 0.1) is 0 Å². The van der Waals surface area contributed by atoms with Crippen molar-refractivity contribution in [3.05, 3.63) is 35.4 Å². The van der Waals surface area contributed by atoms with Gasteiger partial charge < -0.3 is 5.73 Å². The fraction of sp³-hybridized carbons (Fsp3) is 0.467. The average Bonchev–Trinajstić information content (AvgIpc) is 2.77. The molecule has 0 aliphatic carbocycles. The van der Waals surface area contributed by atoms with Crippen molar-refractivity contribution in [1.29, 1.82) is 0 Å². The zero-order valence-corrected chi connectivity index (χ0v) is 14.9. The van der Waals surface area contributed by atoms with Gasteiger partial charge >= 0.3 is 0 Å². The molecule has 0 atom stereocenters. The van der Waals surface area contributed by atoms with Crippen LogP contribution in [0.25, 0.3) is 0 Å². The molecule has 0 unspecified atom stereocenters. The number of unbranched alkanes of at least 4 members (excludes halogenated alkanes) is 1. The third-order valence-electron chi connectivity index (χ3n) is 3.63. The molecule has 2 amide bonds. The Kier molecular flexibility index (Phi) is 7.82. The summed E-state index contributed by atoms with van der Waals surface area (Å²) in [5, 5.41) is 0. The highest BCUT2D eigenvalue weighted by atomic mass is 35.5. The molecule has 24 heavy (non-hydrogen) atoms. The number of nitrogens with zero attached hydrogens (tertiary/aromatic N) is 1. The van der Waals surface area contributed by atoms with Gasteiger partial charge in [0.1, 0.15) is 0 Å². The second-order valence-electron chi connectivity index (χ2n) is 5.37. The van der Waals surface area contributed by atoms with Crippen LogP contribution >= 0.6 is 12.4 Å². The molecule has 0 bridgehead atoms. The first-order valence-electron chi connectivity index (χ1n) is 7.59. The number of halogens is 1. The van der Waals surface area contributed by atoms with Crippen molar-refractivity contribution in [3.63, 3.8) is 0 Å². The molecule has 1 aromatic carbocycles. The number of benzene rings is 1. The molecular weight excluding hydrogens is 354 g/mol. The fourth-order valence-electron chi connectivity index (χ4n) is 2.42. The molecule has 9 heteroatoms. The van der Waals surface area contributed by atoms with E-state index in [1.54, 1.807) is 24.3 Å². The summed E-state index contributed by atoms with van der Waals surface area (Å²) in [6.45, 7) is 0.976. The van der Waals surface area contributed by atoms with Crippen molar-refractivity contribution in [2.75, 3.05) is 25.4 Å². The minimum atomic E-state index is -3.40. The van der Waals surface area contributed by atoms with Gasteiger partial charge in [-0.05, 0) is 37.9 Å². The monoisotopic (exact) mass is 375 g/mol. The Morgan fingerprint density at radius 1 is 1.00 bits per heavy atom. The van der Waals surface area contributed by atoms with E-state index < -0.39 is 10.0 Å². The minimum absolute atomic E-state index is 0. The van der Waals surface area contributed by atoms with E-state index in [1.807, 2.05) is 0 Å². The summed E-state index contributed by atoms with van der Waals surface area (Å²) < 4.78 is 26.1. The highest BCUT2D eigenvalue weighted by Crippen LogP contribution is 2.22. The second-order valence-corrected chi connectivity index (χ2v) is 7.30. The lowest BCUT2D eigenvalue weighted by molar-refractivity contribution is 0.0654. The Balaban J connectivity index is 0.00000288. The van der Waals surface area contributed by atoms with Gasteiger partial charge in [-0.3, -0.25) is 14.5 Å². The first kappa shape index (κ1) is 20.6. The van der Waals surface area contributed by atoms with Crippen molar-refractivity contribution in [1.82, 2.24) is 9.62 Å². The first-order valence-corrected chi connectivity index (χ1v) is 9.24. The fourth-order valence-corrected chi connectivity index (χ4v) is 3.53. The summed E-state index contributed by atoms with van der Waals surface area (Å²) in [4.78, 5) is 25.4. The lowest BCUT2D eigenvalue weighted by atomic mass is 10.1. The number of amides is 2. The molecule has 3 N–H and O–H groups in total. The summed E-state index contributed by atoms with van der Waals surface area (Å²) in [6, 6.07) is 6.60. The Morgan fingerprint density at radius 3 is 2.12 bits per heavy atom. The van der Waals surface area contributed by atoms with E-state index >= 15 is 0 Å². The summed E-state index contributed by atoms with van der Waals surface area (Å²) in [5.41, 5.74) is 6.09. The van der Waals surface area contributed by atoms with Gasteiger partial charge in [0, 0.05) is 13.1 Å². The molecule has 0 radical (unpaired) electrons. The van der Waals surface area contributed by atoms with E-state index in [4.69, 9.17) is 5.73 Å². The molecule has 134 valence electrons. The highest BCUT2D eigenvalue weighted by Gasteiger charge is 2.34. The summed E-state index contributed by atoms with van der Waals surface area (Å²) >= 11 is 0. The number of rotatable bonds is 9. The van der Waals surface area contributed by atoms with Crippen molar-refractivity contribution in [2.45, 2.75) is 19.3 Å². The number of imide groups is 1. The summed E-state index contributed by atoms with van der Waals surface area (Å²) in [5.74, 6) is -0.846. The van der Waals surface area contributed by atoms with Gasteiger partial charge in [-0.2, -0.15) is 0 Å². The van der Waals surface area contributed by atoms with Crippen molar-refractivity contribution < 1.29 is 18.0 Å². The number of nitrogens with one attached hydrogen (secondary N) is 1. The van der Waals surface area contributed by atoms with Gasteiger partial charge in [-0.15, -0.1) is 12.4 Å². The van der Waals surface area contributed by atoms with E-state index in [0.717, 1.165) is 11.3 Å². The van der Waals surface area contributed by atoms with Gasteiger partial charge in [-0.25, -0.2) is 13.1 Å². The number of nitrogens with two attached hydrogens (primary N) is 1.